The van der Waals surface area contributed by atoms with E-state index in [4.69, 9.17) is 0 Å². The summed E-state index contributed by atoms with van der Waals surface area (Å²) < 4.78 is 1.77. The smallest absolute Gasteiger partial charge is 0.243 e. The molecule has 17 heavy (non-hydrogen) atoms. The number of anilines is 1. The lowest BCUT2D eigenvalue weighted by Crippen LogP contribution is -2.06. The molecule has 3 heterocycles. The third-order valence-electron chi connectivity index (χ3n) is 2.63. The van der Waals surface area contributed by atoms with Crippen LogP contribution in [0.5, 0.6) is 0 Å². The fourth-order valence-corrected chi connectivity index (χ4v) is 2.45. The third kappa shape index (κ3) is 2.01. The highest BCUT2D eigenvalue weighted by molar-refractivity contribution is 7.07. The molecule has 0 saturated heterocycles. The largest absolute Gasteiger partial charge is 0.346 e. The van der Waals surface area contributed by atoms with Crippen molar-refractivity contribution in [2.24, 2.45) is 0 Å². The second kappa shape index (κ2) is 4.18. The molecule has 0 amide bonds. The van der Waals surface area contributed by atoms with Crippen LogP contribution in [0.15, 0.2) is 41.2 Å². The number of aromatic nitrogens is 3. The molecule has 3 aromatic heterocycles. The molecule has 0 saturated carbocycles. The predicted molar refractivity (Wildman–Crippen MR) is 69.3 cm³/mol. The molecule has 3 rings (SSSR count). The Morgan fingerprint density at radius 2 is 2.29 bits per heavy atom. The Labute approximate surface area is 103 Å². The van der Waals surface area contributed by atoms with E-state index in [-0.39, 0.29) is 6.04 Å². The molecule has 0 aromatic carbocycles. The van der Waals surface area contributed by atoms with Gasteiger partial charge in [0.05, 0.1) is 6.04 Å². The first-order valence-electron chi connectivity index (χ1n) is 5.43. The summed E-state index contributed by atoms with van der Waals surface area (Å²) >= 11 is 1.70. The summed E-state index contributed by atoms with van der Waals surface area (Å²) in [6, 6.07) is 8.16. The first-order chi connectivity index (χ1) is 8.33. The number of pyridine rings is 1. The molecule has 0 aliphatic rings. The predicted octanol–water partition coefficient (Wildman–Crippen LogP) is 2.96. The number of hydrogen-bond acceptors (Lipinski definition) is 4. The average Bonchev–Trinajstić information content (AvgIpc) is 2.97. The van der Waals surface area contributed by atoms with Gasteiger partial charge in [-0.05, 0) is 41.4 Å². The van der Waals surface area contributed by atoms with Gasteiger partial charge in [0.15, 0.2) is 5.65 Å². The van der Waals surface area contributed by atoms with Crippen molar-refractivity contribution in [3.8, 4) is 0 Å². The van der Waals surface area contributed by atoms with Crippen molar-refractivity contribution < 1.29 is 0 Å². The molecular weight excluding hydrogens is 232 g/mol. The van der Waals surface area contributed by atoms with Gasteiger partial charge in [0.1, 0.15) is 0 Å². The minimum Gasteiger partial charge on any atom is -0.346 e. The Morgan fingerprint density at radius 1 is 1.35 bits per heavy atom. The van der Waals surface area contributed by atoms with Crippen molar-refractivity contribution in [2.45, 2.75) is 13.0 Å². The van der Waals surface area contributed by atoms with Gasteiger partial charge in [-0.2, -0.15) is 16.3 Å². The normalized spacial score (nSPS) is 12.8. The molecule has 0 radical (unpaired) electrons. The molecule has 0 spiro atoms. The van der Waals surface area contributed by atoms with Crippen molar-refractivity contribution in [1.29, 1.82) is 0 Å². The number of nitrogens with zero attached hydrogens (tertiary/aromatic N) is 3. The van der Waals surface area contributed by atoms with Gasteiger partial charge in [-0.25, -0.2) is 4.52 Å². The van der Waals surface area contributed by atoms with Gasteiger partial charge in [-0.3, -0.25) is 0 Å². The lowest BCUT2D eigenvalue weighted by molar-refractivity contribution is 0.857. The number of hydrogen-bond donors (Lipinski definition) is 1. The molecule has 0 aliphatic heterocycles. The summed E-state index contributed by atoms with van der Waals surface area (Å²) in [7, 11) is 0. The van der Waals surface area contributed by atoms with Crippen molar-refractivity contribution in [1.82, 2.24) is 14.6 Å². The maximum atomic E-state index is 4.41. The second-order valence-electron chi connectivity index (χ2n) is 3.86. The van der Waals surface area contributed by atoms with E-state index in [2.05, 4.69) is 39.1 Å². The highest BCUT2D eigenvalue weighted by Crippen LogP contribution is 2.19. The summed E-state index contributed by atoms with van der Waals surface area (Å²) in [5, 5.41) is 11.9. The standard InChI is InChI=1S/C12H12N4S/c1-9(10-5-7-17-8-10)13-12-14-11-4-2-3-6-16(11)15-12/h2-9H,1H3,(H,13,15). The SMILES string of the molecule is CC(Nc1nc2ccccn2n1)c1ccsc1. The number of nitrogens with one attached hydrogen (secondary N) is 1. The molecule has 0 fully saturated rings. The van der Waals surface area contributed by atoms with E-state index in [1.165, 1.54) is 5.56 Å². The van der Waals surface area contributed by atoms with E-state index in [9.17, 15) is 0 Å². The Bertz CT molecular complexity index is 581. The molecular formula is C12H12N4S. The first-order valence-corrected chi connectivity index (χ1v) is 6.37. The van der Waals surface area contributed by atoms with Gasteiger partial charge in [0.2, 0.25) is 5.95 Å². The summed E-state index contributed by atoms with van der Waals surface area (Å²) in [5.41, 5.74) is 2.11. The molecule has 0 bridgehead atoms. The summed E-state index contributed by atoms with van der Waals surface area (Å²) in [6.45, 7) is 2.10. The van der Waals surface area contributed by atoms with Crippen LogP contribution in [-0.2, 0) is 0 Å². The Morgan fingerprint density at radius 3 is 3.06 bits per heavy atom. The van der Waals surface area contributed by atoms with Gasteiger partial charge in [0.25, 0.3) is 0 Å². The summed E-state index contributed by atoms with van der Waals surface area (Å²) in [5.74, 6) is 0.662. The fraction of sp³-hybridized carbons (Fsp3) is 0.167. The van der Waals surface area contributed by atoms with Gasteiger partial charge in [0, 0.05) is 6.20 Å². The Kier molecular flexibility index (Phi) is 2.53. The van der Waals surface area contributed by atoms with Gasteiger partial charge in [-0.1, -0.05) is 6.07 Å². The molecule has 1 atom stereocenters. The highest BCUT2D eigenvalue weighted by atomic mass is 32.1. The van der Waals surface area contributed by atoms with Crippen LogP contribution in [0.2, 0.25) is 0 Å². The topological polar surface area (TPSA) is 42.2 Å². The summed E-state index contributed by atoms with van der Waals surface area (Å²) in [4.78, 5) is 4.41. The van der Waals surface area contributed by atoms with Gasteiger partial charge < -0.3 is 5.32 Å². The van der Waals surface area contributed by atoms with Gasteiger partial charge >= 0.3 is 0 Å². The lowest BCUT2D eigenvalue weighted by atomic mass is 10.2. The van der Waals surface area contributed by atoms with Crippen LogP contribution in [0.3, 0.4) is 0 Å². The Hall–Kier alpha value is -1.88. The minimum absolute atomic E-state index is 0.221. The van der Waals surface area contributed by atoms with Crippen LogP contribution >= 0.6 is 11.3 Å². The quantitative estimate of drug-likeness (QED) is 0.770. The monoisotopic (exact) mass is 244 g/mol. The molecule has 3 aromatic rings. The van der Waals surface area contributed by atoms with Gasteiger partial charge in [-0.15, -0.1) is 5.10 Å². The molecule has 1 unspecified atom stereocenters. The number of thiophene rings is 1. The third-order valence-corrected chi connectivity index (χ3v) is 3.33. The minimum atomic E-state index is 0.221. The van der Waals surface area contributed by atoms with Crippen molar-refractivity contribution in [3.05, 3.63) is 46.8 Å². The van der Waals surface area contributed by atoms with Crippen LogP contribution in [0.1, 0.15) is 18.5 Å². The van der Waals surface area contributed by atoms with E-state index in [0.717, 1.165) is 5.65 Å². The second-order valence-corrected chi connectivity index (χ2v) is 4.64. The molecule has 86 valence electrons. The van der Waals surface area contributed by atoms with E-state index < -0.39 is 0 Å². The first kappa shape index (κ1) is 10.3. The lowest BCUT2D eigenvalue weighted by Gasteiger charge is -2.09. The molecule has 5 heteroatoms. The maximum absolute atomic E-state index is 4.41. The maximum Gasteiger partial charge on any atom is 0.243 e. The van der Waals surface area contributed by atoms with Crippen LogP contribution in [0, 0.1) is 0 Å². The van der Waals surface area contributed by atoms with E-state index in [0.29, 0.717) is 5.95 Å². The highest BCUT2D eigenvalue weighted by Gasteiger charge is 2.08. The number of fused-ring (bicyclic) bond motifs is 1. The fourth-order valence-electron chi connectivity index (χ4n) is 1.69. The van der Waals surface area contributed by atoms with E-state index >= 15 is 0 Å². The van der Waals surface area contributed by atoms with Crippen LogP contribution in [0.25, 0.3) is 5.65 Å². The average molecular weight is 244 g/mol. The summed E-state index contributed by atoms with van der Waals surface area (Å²) in [6.07, 6.45) is 1.89. The molecule has 0 aliphatic carbocycles. The molecule has 1 N–H and O–H groups in total. The van der Waals surface area contributed by atoms with E-state index in [1.54, 1.807) is 15.9 Å². The van der Waals surface area contributed by atoms with E-state index in [1.807, 2.05) is 24.4 Å². The van der Waals surface area contributed by atoms with Crippen LogP contribution in [-0.4, -0.2) is 14.6 Å². The van der Waals surface area contributed by atoms with Crippen molar-refractivity contribution >= 4 is 22.9 Å². The van der Waals surface area contributed by atoms with Crippen LogP contribution < -0.4 is 5.32 Å². The van der Waals surface area contributed by atoms with Crippen molar-refractivity contribution in [2.75, 3.05) is 5.32 Å². The zero-order chi connectivity index (χ0) is 11.7. The Balaban J connectivity index is 1.85. The van der Waals surface area contributed by atoms with Crippen LogP contribution in [0.4, 0.5) is 5.95 Å². The number of rotatable bonds is 3. The molecule has 4 nitrogen and oxygen atoms in total. The zero-order valence-electron chi connectivity index (χ0n) is 9.37. The zero-order valence-corrected chi connectivity index (χ0v) is 10.2. The van der Waals surface area contributed by atoms with Crippen molar-refractivity contribution in [3.63, 3.8) is 0 Å².